The van der Waals surface area contributed by atoms with Crippen LogP contribution in [0.15, 0.2) is 34.2 Å². The van der Waals surface area contributed by atoms with Crippen molar-refractivity contribution in [3.05, 3.63) is 40.7 Å². The van der Waals surface area contributed by atoms with Gasteiger partial charge in [-0.3, -0.25) is 0 Å². The van der Waals surface area contributed by atoms with Crippen LogP contribution in [-0.4, -0.2) is 23.3 Å². The molecule has 0 bridgehead atoms. The molecule has 0 spiro atoms. The van der Waals surface area contributed by atoms with Gasteiger partial charge in [-0.15, -0.1) is 5.20 Å². The number of allylic oxidation sites excluding steroid dienone is 6. The van der Waals surface area contributed by atoms with Crippen molar-refractivity contribution >= 4 is 16.1 Å². The van der Waals surface area contributed by atoms with Gasteiger partial charge in [0.05, 0.1) is 0 Å². The molecule has 1 rings (SSSR count). The molecule has 0 amide bonds. The Hall–Kier alpha value is 0.302. The van der Waals surface area contributed by atoms with Crippen LogP contribution in [0.1, 0.15) is 34.1 Å². The van der Waals surface area contributed by atoms with Gasteiger partial charge in [0.2, 0.25) is 0 Å². The summed E-state index contributed by atoms with van der Waals surface area (Å²) in [4.78, 5) is 0. The minimum atomic E-state index is -1.82. The van der Waals surface area contributed by atoms with Gasteiger partial charge in [-0.1, -0.05) is 44.2 Å². The molecule has 0 fully saturated rings. The molecule has 1 aliphatic rings. The van der Waals surface area contributed by atoms with Crippen molar-refractivity contribution in [2.75, 3.05) is 7.11 Å². The number of rotatable bonds is 5. The largest absolute Gasteiger partial charge is 0.421 e. The molecule has 1 atom stereocenters. The summed E-state index contributed by atoms with van der Waals surface area (Å²) >= 11 is 0. The normalized spacial score (nSPS) is 17.2. The van der Waals surface area contributed by atoms with Crippen LogP contribution < -0.4 is 0 Å². The average Bonchev–Trinajstić information content (AvgIpc) is 2.84. The molecular formula is C14H24OPtSi2-. The van der Waals surface area contributed by atoms with Gasteiger partial charge in [-0.2, -0.15) is 0 Å². The first-order chi connectivity index (χ1) is 7.99. The topological polar surface area (TPSA) is 9.23 Å². The van der Waals surface area contributed by atoms with Crippen LogP contribution in [0.2, 0.25) is 6.04 Å². The molecule has 0 heterocycles. The summed E-state index contributed by atoms with van der Waals surface area (Å²) in [5, 5.41) is 3.03. The molecule has 1 radical (unpaired) electrons. The van der Waals surface area contributed by atoms with Crippen molar-refractivity contribution in [3.8, 4) is 0 Å². The summed E-state index contributed by atoms with van der Waals surface area (Å²) in [5.74, 6) is 0. The summed E-state index contributed by atoms with van der Waals surface area (Å²) in [6, 6.07) is 1.13. The molecule has 4 heteroatoms. The monoisotopic (exact) mass is 459 g/mol. The van der Waals surface area contributed by atoms with E-state index < -0.39 is 16.1 Å². The molecule has 1 unspecified atom stereocenters. The molecule has 18 heavy (non-hydrogen) atoms. The van der Waals surface area contributed by atoms with E-state index in [1.165, 1.54) is 16.0 Å². The van der Waals surface area contributed by atoms with Gasteiger partial charge in [0.15, 0.2) is 7.83 Å². The van der Waals surface area contributed by atoms with E-state index in [0.29, 0.717) is 0 Å². The summed E-state index contributed by atoms with van der Waals surface area (Å²) in [7, 11) is -0.729. The SMILES string of the molecule is [CH2-][Si](C1=CC=CC1)[Si](CC)(OC)C(C)=C(C)C.[Pt]. The zero-order valence-electron chi connectivity index (χ0n) is 12.1. The van der Waals surface area contributed by atoms with Gasteiger partial charge in [0.1, 0.15) is 0 Å². The van der Waals surface area contributed by atoms with Crippen molar-refractivity contribution in [2.24, 2.45) is 0 Å². The minimum Gasteiger partial charge on any atom is -0.421 e. The first kappa shape index (κ1) is 18.3. The molecule has 0 aromatic heterocycles. The predicted octanol–water partition coefficient (Wildman–Crippen LogP) is 3.86. The Labute approximate surface area is 129 Å². The molecule has 0 aromatic carbocycles. The number of hydrogen-bond acceptors (Lipinski definition) is 1. The van der Waals surface area contributed by atoms with Gasteiger partial charge in [0, 0.05) is 28.2 Å². The number of hydrogen-bond donors (Lipinski definition) is 0. The molecule has 105 valence electrons. The first-order valence-electron chi connectivity index (χ1n) is 6.24. The Morgan fingerprint density at radius 1 is 1.44 bits per heavy atom. The Balaban J connectivity index is 0.00000289. The summed E-state index contributed by atoms with van der Waals surface area (Å²) < 4.78 is 6.08. The van der Waals surface area contributed by atoms with E-state index in [1.807, 2.05) is 7.11 Å². The summed E-state index contributed by atoms with van der Waals surface area (Å²) in [5.41, 5.74) is 1.41. The zero-order chi connectivity index (χ0) is 13.1. The molecule has 0 aliphatic heterocycles. The Bertz CT molecular complexity index is 364. The van der Waals surface area contributed by atoms with Crippen LogP contribution in [0.3, 0.4) is 0 Å². The molecule has 0 saturated heterocycles. The van der Waals surface area contributed by atoms with E-state index in [9.17, 15) is 0 Å². The van der Waals surface area contributed by atoms with Crippen molar-refractivity contribution in [1.29, 1.82) is 0 Å². The fraction of sp³-hybridized carbons (Fsp3) is 0.500. The Morgan fingerprint density at radius 2 is 2.06 bits per heavy atom. The fourth-order valence-electron chi connectivity index (χ4n) is 2.46. The molecule has 1 nitrogen and oxygen atoms in total. The molecule has 1 aliphatic carbocycles. The molecular weight excluding hydrogens is 435 g/mol. The average molecular weight is 460 g/mol. The standard InChI is InChI=1S/C14H24OSi2.Pt/c1-7-17(15-5,13(4)12(2)3)16(6)14-10-8-9-11-14;/h8-10H,6-7,11H2,1-5H3;/q-1;. The second-order valence-corrected chi connectivity index (χ2v) is 14.2. The predicted molar refractivity (Wildman–Crippen MR) is 80.2 cm³/mol. The smallest absolute Gasteiger partial charge is 0.175 e. The van der Waals surface area contributed by atoms with Gasteiger partial charge >= 0.3 is 0 Å². The third-order valence-electron chi connectivity index (χ3n) is 3.85. The fourth-order valence-corrected chi connectivity index (χ4v) is 12.9. The van der Waals surface area contributed by atoms with Gasteiger partial charge < -0.3 is 11.0 Å². The van der Waals surface area contributed by atoms with Crippen LogP contribution >= 0.6 is 0 Å². The van der Waals surface area contributed by atoms with Gasteiger partial charge in [0.25, 0.3) is 0 Å². The third kappa shape index (κ3) is 3.44. The maximum absolute atomic E-state index is 6.08. The Morgan fingerprint density at radius 3 is 2.39 bits per heavy atom. The van der Waals surface area contributed by atoms with Gasteiger partial charge in [-0.25, -0.2) is 0 Å². The second kappa shape index (κ2) is 7.79. The van der Waals surface area contributed by atoms with E-state index in [4.69, 9.17) is 4.43 Å². The van der Waals surface area contributed by atoms with Crippen LogP contribution in [0.25, 0.3) is 0 Å². The Kier molecular flexibility index (Phi) is 7.92. The van der Waals surface area contributed by atoms with Crippen molar-refractivity contribution in [3.63, 3.8) is 0 Å². The van der Waals surface area contributed by atoms with Crippen molar-refractivity contribution in [1.82, 2.24) is 0 Å². The van der Waals surface area contributed by atoms with Crippen LogP contribution in [-0.2, 0) is 25.5 Å². The third-order valence-corrected chi connectivity index (χ3v) is 16.1. The minimum absolute atomic E-state index is 0. The molecule has 0 aromatic rings. The first-order valence-corrected chi connectivity index (χ1v) is 11.1. The van der Waals surface area contributed by atoms with Crippen LogP contribution in [0.4, 0.5) is 0 Å². The summed E-state index contributed by atoms with van der Waals surface area (Å²) in [6.07, 6.45) is 7.74. The molecule has 0 N–H and O–H groups in total. The van der Waals surface area contributed by atoms with E-state index in [1.54, 1.807) is 0 Å². The van der Waals surface area contributed by atoms with Crippen molar-refractivity contribution in [2.45, 2.75) is 40.2 Å². The van der Waals surface area contributed by atoms with E-state index in [0.717, 1.165) is 12.5 Å². The zero-order valence-corrected chi connectivity index (χ0v) is 16.4. The maximum Gasteiger partial charge on any atom is 0.175 e. The van der Waals surface area contributed by atoms with E-state index in [-0.39, 0.29) is 21.1 Å². The quantitative estimate of drug-likeness (QED) is 0.448. The molecule has 0 saturated carbocycles. The second-order valence-electron chi connectivity index (χ2n) is 4.81. The summed E-state index contributed by atoms with van der Waals surface area (Å²) in [6.45, 7) is 13.4. The maximum atomic E-state index is 6.08. The van der Waals surface area contributed by atoms with Crippen LogP contribution in [0, 0.1) is 6.55 Å². The van der Waals surface area contributed by atoms with E-state index in [2.05, 4.69) is 52.5 Å². The van der Waals surface area contributed by atoms with Crippen LogP contribution in [0.5, 0.6) is 0 Å². The van der Waals surface area contributed by atoms with Crippen molar-refractivity contribution < 1.29 is 25.5 Å². The van der Waals surface area contributed by atoms with E-state index >= 15 is 0 Å². The van der Waals surface area contributed by atoms with Gasteiger partial charge in [-0.05, 0) is 33.2 Å².